The average Bonchev–Trinajstić information content (AvgIpc) is 1.71. The third kappa shape index (κ3) is 22.2. The summed E-state index contributed by atoms with van der Waals surface area (Å²) in [6, 6.07) is 128. The number of likely N-dealkylation sites (tertiary alicyclic amines) is 4. The number of carbonyl (C=O) groups excluding carboxylic acids is 6. The molecule has 0 saturated carbocycles. The number of rotatable bonds is 30. The second-order valence-electron chi connectivity index (χ2n) is 40.1. The van der Waals surface area contributed by atoms with E-state index in [1.807, 2.05) is 232 Å². The van der Waals surface area contributed by atoms with Crippen molar-refractivity contribution < 1.29 is 43.4 Å². The normalized spacial score (nSPS) is 17.6. The van der Waals surface area contributed by atoms with Crippen molar-refractivity contribution in [1.29, 1.82) is 10.5 Å². The van der Waals surface area contributed by atoms with Gasteiger partial charge in [0.2, 0.25) is 17.7 Å². The Hall–Kier alpha value is -15.1. The first kappa shape index (κ1) is 103. The number of hydrogen-bond acceptors (Lipinski definition) is 18. The number of ether oxygens (including phenoxy) is 1. The maximum atomic E-state index is 13.9. The van der Waals surface area contributed by atoms with Gasteiger partial charge in [-0.3, -0.25) is 33.6 Å². The lowest BCUT2D eigenvalue weighted by Crippen LogP contribution is -2.57. The van der Waals surface area contributed by atoms with Gasteiger partial charge in [-0.15, -0.1) is 0 Å². The van der Waals surface area contributed by atoms with E-state index in [1.54, 1.807) is 16.7 Å². The van der Waals surface area contributed by atoms with Gasteiger partial charge >= 0.3 is 11.9 Å². The quantitative estimate of drug-likeness (QED) is 0.0354. The molecule has 0 unspecified atom stereocenters. The molecule has 0 aliphatic carbocycles. The smallest absolute Gasteiger partial charge is 0.325 e. The van der Waals surface area contributed by atoms with Gasteiger partial charge < -0.3 is 74.4 Å². The van der Waals surface area contributed by atoms with Gasteiger partial charge in [0.15, 0.2) is 0 Å². The third-order valence-electron chi connectivity index (χ3n) is 32.0. The number of carbonyl (C=O) groups is 7. The molecule has 0 aromatic heterocycles. The van der Waals surface area contributed by atoms with Crippen molar-refractivity contribution >= 4 is 64.2 Å². The fourth-order valence-corrected chi connectivity index (χ4v) is 23.8. The predicted molar refractivity (Wildman–Crippen MR) is 577 cm³/mol. The van der Waals surface area contributed by atoms with Crippen molar-refractivity contribution in [3.63, 3.8) is 0 Å². The third-order valence-corrected chi connectivity index (χ3v) is 32.0. The van der Waals surface area contributed by atoms with Crippen molar-refractivity contribution in [3.8, 4) is 12.1 Å². The number of nitriles is 2. The number of nitrogens with one attached hydrogen (secondary N) is 2. The summed E-state index contributed by atoms with van der Waals surface area (Å²) >= 11 is 0. The molecule has 8 aliphatic heterocycles. The fourth-order valence-electron chi connectivity index (χ4n) is 23.8. The van der Waals surface area contributed by atoms with Gasteiger partial charge in [-0.1, -0.05) is 315 Å². The van der Waals surface area contributed by atoms with Gasteiger partial charge in [-0.05, 0) is 190 Å². The molecule has 0 radical (unpaired) electrons. The summed E-state index contributed by atoms with van der Waals surface area (Å²) in [6.45, 7) is 13.2. The number of para-hydroxylation sites is 4. The van der Waals surface area contributed by atoms with Crippen LogP contribution in [0.1, 0.15) is 134 Å². The minimum absolute atomic E-state index is 0.00268. The Labute approximate surface area is 865 Å². The molecule has 8 saturated heterocycles. The van der Waals surface area contributed by atoms with Crippen LogP contribution in [-0.4, -0.2) is 242 Å². The average molecular weight is 1970 g/mol. The van der Waals surface area contributed by atoms with Gasteiger partial charge in [-0.25, -0.2) is 0 Å². The van der Waals surface area contributed by atoms with E-state index >= 15 is 0 Å². The highest BCUT2D eigenvalue weighted by molar-refractivity contribution is 5.98. The highest BCUT2D eigenvalue weighted by Crippen LogP contribution is 2.47. The lowest BCUT2D eigenvalue weighted by molar-refractivity contribution is -0.148. The van der Waals surface area contributed by atoms with Crippen LogP contribution in [0.4, 0.5) is 22.7 Å². The second kappa shape index (κ2) is 47.4. The second-order valence-corrected chi connectivity index (χ2v) is 40.1. The zero-order valence-electron chi connectivity index (χ0n) is 84.7. The molecule has 4 spiro atoms. The molecule has 5 amide bonds. The molecular weight excluding hydrogens is 1830 g/mol. The molecule has 756 valence electrons. The summed E-state index contributed by atoms with van der Waals surface area (Å²) in [5.74, 6) is -0.737. The van der Waals surface area contributed by atoms with Crippen molar-refractivity contribution in [2.24, 2.45) is 0 Å². The van der Waals surface area contributed by atoms with E-state index in [0.717, 1.165) is 160 Å². The van der Waals surface area contributed by atoms with E-state index < -0.39 is 44.4 Å². The van der Waals surface area contributed by atoms with Crippen molar-refractivity contribution in [1.82, 2.24) is 44.9 Å². The van der Waals surface area contributed by atoms with E-state index in [0.29, 0.717) is 84.3 Å². The SMILES string of the molecule is CCOC(=O)CN1CN(c2ccccc2)C2(CCN(CCC(c3ccccc3)c3ccccc3)CC2)C1=O.CN(C)C(=O)C(CCN1CCC2(CC1)C(=O)NCN2c1ccccc1)(c1ccccc1)c1ccccc1.N#CC(CCN1CCC2(CC1)C(=O)N(CC(=O)O)CN2c1ccccc1)(c1ccccc1)c1ccccc1.N#CC(CCN1CCC2(CC1)C(=O)NCN2c1ccccc1)(c1ccccc1)c1ccccc1. The molecule has 24 heteroatoms. The van der Waals surface area contributed by atoms with Crippen LogP contribution >= 0.6 is 0 Å². The minimum Gasteiger partial charge on any atom is -0.480 e. The molecule has 8 fully saturated rings. The molecule has 20 rings (SSSR count). The molecular formula is C123H135N15O9. The number of nitrogens with zero attached hydrogens (tertiary/aromatic N) is 13. The number of carboxylic acids is 1. The zero-order chi connectivity index (χ0) is 102. The first-order valence-electron chi connectivity index (χ1n) is 51.9. The Morgan fingerprint density at radius 1 is 0.361 bits per heavy atom. The molecule has 3 N–H and O–H groups in total. The number of aliphatic carboxylic acids is 1. The number of likely N-dealkylation sites (N-methyl/N-ethyl adjacent to an activating group) is 1. The summed E-state index contributed by atoms with van der Waals surface area (Å²) in [7, 11) is 3.68. The predicted octanol–water partition coefficient (Wildman–Crippen LogP) is 17.2. The number of anilines is 4. The zero-order valence-corrected chi connectivity index (χ0v) is 84.7. The van der Waals surface area contributed by atoms with Gasteiger partial charge in [-0.2, -0.15) is 10.5 Å². The minimum atomic E-state index is -1.00. The van der Waals surface area contributed by atoms with Crippen LogP contribution < -0.4 is 30.2 Å². The van der Waals surface area contributed by atoms with Crippen molar-refractivity contribution in [2.75, 3.05) is 159 Å². The molecule has 147 heavy (non-hydrogen) atoms. The van der Waals surface area contributed by atoms with Crippen LogP contribution in [0, 0.1) is 22.7 Å². The van der Waals surface area contributed by atoms with E-state index in [2.05, 4.69) is 208 Å². The van der Waals surface area contributed by atoms with E-state index in [4.69, 9.17) is 4.74 Å². The molecule has 24 nitrogen and oxygen atoms in total. The Balaban J connectivity index is 0.000000134. The maximum Gasteiger partial charge on any atom is 0.325 e. The van der Waals surface area contributed by atoms with E-state index in [9.17, 15) is 49.2 Å². The van der Waals surface area contributed by atoms with Crippen molar-refractivity contribution in [2.45, 2.75) is 128 Å². The van der Waals surface area contributed by atoms with Crippen LogP contribution in [0.2, 0.25) is 0 Å². The van der Waals surface area contributed by atoms with Crippen LogP contribution in [0.3, 0.4) is 0 Å². The number of hydrogen-bond donors (Lipinski definition) is 3. The highest BCUT2D eigenvalue weighted by atomic mass is 16.5. The summed E-state index contributed by atoms with van der Waals surface area (Å²) in [5.41, 5.74) is 8.23. The molecule has 0 bridgehead atoms. The molecule has 12 aromatic carbocycles. The molecule has 8 heterocycles. The number of esters is 1. The first-order valence-corrected chi connectivity index (χ1v) is 51.9. The highest BCUT2D eigenvalue weighted by Gasteiger charge is 2.58. The summed E-state index contributed by atoms with van der Waals surface area (Å²) < 4.78 is 5.15. The maximum absolute atomic E-state index is 13.9. The Morgan fingerprint density at radius 2 is 0.626 bits per heavy atom. The number of benzene rings is 12. The number of amides is 5. The van der Waals surface area contributed by atoms with Gasteiger partial charge in [0.25, 0.3) is 11.8 Å². The van der Waals surface area contributed by atoms with Crippen LogP contribution in [-0.2, 0) is 54.5 Å². The Kier molecular flexibility index (Phi) is 33.3. The molecule has 12 aromatic rings. The first-order chi connectivity index (χ1) is 71.7. The Morgan fingerprint density at radius 3 is 0.918 bits per heavy atom. The molecule has 8 aliphatic rings. The fraction of sp³-hybridized carbons (Fsp3) is 0.341. The largest absolute Gasteiger partial charge is 0.480 e. The van der Waals surface area contributed by atoms with Crippen molar-refractivity contribution in [3.05, 3.63) is 408 Å². The Bertz CT molecular complexity index is 6250. The lowest BCUT2D eigenvalue weighted by atomic mass is 9.70. The van der Waals surface area contributed by atoms with Crippen LogP contribution in [0.25, 0.3) is 0 Å². The van der Waals surface area contributed by atoms with E-state index in [1.165, 1.54) is 16.0 Å². The van der Waals surface area contributed by atoms with Gasteiger partial charge in [0, 0.05) is 108 Å². The monoisotopic (exact) mass is 1970 g/mol. The lowest BCUT2D eigenvalue weighted by Gasteiger charge is -2.44. The summed E-state index contributed by atoms with van der Waals surface area (Å²) in [5, 5.41) is 36.5. The van der Waals surface area contributed by atoms with Crippen LogP contribution in [0.15, 0.2) is 364 Å². The van der Waals surface area contributed by atoms with Crippen LogP contribution in [0.5, 0.6) is 0 Å². The van der Waals surface area contributed by atoms with E-state index in [-0.39, 0.29) is 55.3 Å². The van der Waals surface area contributed by atoms with Gasteiger partial charge in [0.05, 0.1) is 45.4 Å². The summed E-state index contributed by atoms with van der Waals surface area (Å²) in [6.07, 6.45) is 8.80. The topological polar surface area (TPSA) is 256 Å². The standard InChI is InChI=1S/C32H37N3O3.C31H32N4O3.C31H36N4O2.C29H30N4O/c1-2-38-30(36)24-34-25-35(28-16-10-5-11-17-28)32(31(34)37)19-22-33(23-20-32)21-18-29(26-12-6-3-7-13-26)27-14-8-4-9-15-27;32-23-30(25-10-4-1-5-11-25,26-12-6-2-7-13-26)16-19-33-20-17-31(18-21-33)29(38)34(22-28(36)37)24-35(31)27-14-8-3-9-15-27;1-33(2)29(37)31(25-12-6-3-7-13-25,26-14-8-4-9-15-26)20-23-34-21-18-30(19-22-34)28(36)32-24-35(30)27-16-10-5-11-17-27;30-22-28(24-10-4-1-5-11-24,25-12-6-2-7-13-25)16-19-32-20-17-29(18-21-32)27(34)31-23-33(29)26-14-8-3-9-15-26/h3-17,29H,2,18-25H2,1H3;1-15H,16-22,24H2,(H,36,37);3-17H,18-24H2,1-2H3,(H,32,36);1-15H,16-21,23H2,(H,31,34). The van der Waals surface area contributed by atoms with Gasteiger partial charge in [0.1, 0.15) is 51.5 Å². The molecule has 0 atom stereocenters. The number of carboxylic acid groups (broad SMARTS) is 1. The summed E-state index contributed by atoms with van der Waals surface area (Å²) in [4.78, 5) is 114. The number of piperidine rings is 4.